The zero-order valence-electron chi connectivity index (χ0n) is 13.7. The average molecular weight is 346 g/mol. The summed E-state index contributed by atoms with van der Waals surface area (Å²) in [5, 5.41) is 11.9. The Morgan fingerprint density at radius 3 is 2.92 bits per heavy atom. The van der Waals surface area contributed by atoms with Gasteiger partial charge in [0.1, 0.15) is 6.33 Å². The molecule has 1 aromatic carbocycles. The van der Waals surface area contributed by atoms with Gasteiger partial charge in [0, 0.05) is 13.7 Å². The standard InChI is InChI=1S/C17H22N4O2S/c1-23-10-9-21-12-18-20-17(21)24-11-15(22)19-16(14-7-8-14)13-5-3-2-4-6-13/h2-6,12,14,16H,7-11H2,1H3,(H,19,22). The Bertz CT molecular complexity index is 658. The maximum atomic E-state index is 12.4. The average Bonchev–Trinajstić information content (AvgIpc) is 3.35. The Hall–Kier alpha value is -1.86. The van der Waals surface area contributed by atoms with Crippen molar-refractivity contribution in [2.75, 3.05) is 19.5 Å². The van der Waals surface area contributed by atoms with Gasteiger partial charge in [0.25, 0.3) is 0 Å². The van der Waals surface area contributed by atoms with E-state index in [0.29, 0.717) is 24.8 Å². The highest BCUT2D eigenvalue weighted by Crippen LogP contribution is 2.40. The molecular weight excluding hydrogens is 324 g/mol. The fraction of sp³-hybridized carbons (Fsp3) is 0.471. The van der Waals surface area contributed by atoms with Gasteiger partial charge in [-0.25, -0.2) is 0 Å². The van der Waals surface area contributed by atoms with Crippen LogP contribution in [0.5, 0.6) is 0 Å². The highest BCUT2D eigenvalue weighted by Gasteiger charge is 2.33. The molecule has 0 bridgehead atoms. The zero-order chi connectivity index (χ0) is 16.8. The largest absolute Gasteiger partial charge is 0.383 e. The van der Waals surface area contributed by atoms with Gasteiger partial charge in [-0.05, 0) is 24.3 Å². The summed E-state index contributed by atoms with van der Waals surface area (Å²) >= 11 is 1.40. The lowest BCUT2D eigenvalue weighted by Crippen LogP contribution is -2.31. The first-order valence-electron chi connectivity index (χ1n) is 8.12. The van der Waals surface area contributed by atoms with Crippen molar-refractivity contribution >= 4 is 17.7 Å². The van der Waals surface area contributed by atoms with Crippen molar-refractivity contribution in [3.63, 3.8) is 0 Å². The third-order valence-electron chi connectivity index (χ3n) is 4.02. The van der Waals surface area contributed by atoms with E-state index in [-0.39, 0.29) is 11.9 Å². The summed E-state index contributed by atoms with van der Waals surface area (Å²) in [6.07, 6.45) is 4.02. The van der Waals surface area contributed by atoms with Gasteiger partial charge in [-0.15, -0.1) is 10.2 Å². The summed E-state index contributed by atoms with van der Waals surface area (Å²) in [7, 11) is 1.66. The van der Waals surface area contributed by atoms with E-state index in [1.165, 1.54) is 30.2 Å². The molecule has 0 aliphatic heterocycles. The molecular formula is C17H22N4O2S. The number of carbonyl (C=O) groups is 1. The molecule has 1 amide bonds. The van der Waals surface area contributed by atoms with Crippen LogP contribution in [0.3, 0.4) is 0 Å². The molecule has 1 N–H and O–H groups in total. The summed E-state index contributed by atoms with van der Waals surface area (Å²) in [5.41, 5.74) is 1.18. The SMILES string of the molecule is COCCn1cnnc1SCC(=O)NC(c1ccccc1)C1CC1. The number of methoxy groups -OCH3 is 1. The second-order valence-electron chi connectivity index (χ2n) is 5.88. The Morgan fingerprint density at radius 2 is 2.21 bits per heavy atom. The van der Waals surface area contributed by atoms with Crippen molar-refractivity contribution in [2.45, 2.75) is 30.6 Å². The number of carbonyl (C=O) groups excluding carboxylic acids is 1. The quantitative estimate of drug-likeness (QED) is 0.706. The normalized spacial score (nSPS) is 15.2. The van der Waals surface area contributed by atoms with Crippen LogP contribution in [0.1, 0.15) is 24.4 Å². The van der Waals surface area contributed by atoms with E-state index in [1.807, 2.05) is 22.8 Å². The Labute approximate surface area is 146 Å². The molecule has 1 aromatic heterocycles. The number of rotatable bonds is 9. The molecule has 0 spiro atoms. The van der Waals surface area contributed by atoms with Crippen molar-refractivity contribution < 1.29 is 9.53 Å². The topological polar surface area (TPSA) is 69.0 Å². The zero-order valence-corrected chi connectivity index (χ0v) is 14.5. The minimum Gasteiger partial charge on any atom is -0.383 e. The predicted molar refractivity (Wildman–Crippen MR) is 92.7 cm³/mol. The van der Waals surface area contributed by atoms with Crippen LogP contribution in [-0.4, -0.2) is 40.1 Å². The lowest BCUT2D eigenvalue weighted by molar-refractivity contribution is -0.119. The predicted octanol–water partition coefficient (Wildman–Crippen LogP) is 2.28. The molecule has 0 saturated heterocycles. The number of ether oxygens (including phenoxy) is 1. The molecule has 1 fully saturated rings. The number of hydrogen-bond donors (Lipinski definition) is 1. The first-order chi connectivity index (χ1) is 11.8. The molecule has 6 nitrogen and oxygen atoms in total. The molecule has 24 heavy (non-hydrogen) atoms. The summed E-state index contributed by atoms with van der Waals surface area (Å²) in [5.74, 6) is 0.926. The summed E-state index contributed by atoms with van der Waals surface area (Å²) in [4.78, 5) is 12.4. The van der Waals surface area contributed by atoms with Crippen molar-refractivity contribution in [1.29, 1.82) is 0 Å². The third kappa shape index (κ3) is 4.58. The first-order valence-corrected chi connectivity index (χ1v) is 9.10. The maximum absolute atomic E-state index is 12.4. The van der Waals surface area contributed by atoms with Crippen LogP contribution in [0.15, 0.2) is 41.8 Å². The maximum Gasteiger partial charge on any atom is 0.230 e. The highest BCUT2D eigenvalue weighted by atomic mass is 32.2. The molecule has 1 heterocycles. The van der Waals surface area contributed by atoms with Crippen molar-refractivity contribution in [1.82, 2.24) is 20.1 Å². The second kappa shape index (κ2) is 8.30. The molecule has 1 unspecified atom stereocenters. The Balaban J connectivity index is 1.54. The van der Waals surface area contributed by atoms with E-state index in [9.17, 15) is 4.79 Å². The minimum atomic E-state index is 0.0297. The van der Waals surface area contributed by atoms with Crippen LogP contribution >= 0.6 is 11.8 Å². The van der Waals surface area contributed by atoms with E-state index in [2.05, 4.69) is 27.6 Å². The lowest BCUT2D eigenvalue weighted by atomic mass is 10.0. The number of nitrogens with one attached hydrogen (secondary N) is 1. The van der Waals surface area contributed by atoms with Gasteiger partial charge in [0.05, 0.1) is 18.4 Å². The van der Waals surface area contributed by atoms with Crippen molar-refractivity contribution in [2.24, 2.45) is 5.92 Å². The molecule has 3 rings (SSSR count). The Morgan fingerprint density at radius 1 is 1.42 bits per heavy atom. The number of hydrogen-bond acceptors (Lipinski definition) is 5. The second-order valence-corrected chi connectivity index (χ2v) is 6.82. The summed E-state index contributed by atoms with van der Waals surface area (Å²) in [6, 6.07) is 10.3. The monoisotopic (exact) mass is 346 g/mol. The first kappa shape index (κ1) is 17.0. The Kier molecular flexibility index (Phi) is 5.87. The fourth-order valence-electron chi connectivity index (χ4n) is 2.61. The lowest BCUT2D eigenvalue weighted by Gasteiger charge is -2.18. The molecule has 2 aromatic rings. The van der Waals surface area contributed by atoms with Crippen LogP contribution < -0.4 is 5.32 Å². The molecule has 128 valence electrons. The number of thioether (sulfide) groups is 1. The third-order valence-corrected chi connectivity index (χ3v) is 5.00. The van der Waals surface area contributed by atoms with Gasteiger partial charge in [-0.2, -0.15) is 0 Å². The minimum absolute atomic E-state index is 0.0297. The molecule has 7 heteroatoms. The molecule has 1 aliphatic carbocycles. The fourth-order valence-corrected chi connectivity index (χ4v) is 3.36. The molecule has 1 atom stereocenters. The molecule has 1 aliphatic rings. The van der Waals surface area contributed by atoms with E-state index in [0.717, 1.165) is 5.16 Å². The van der Waals surface area contributed by atoms with Gasteiger partial charge >= 0.3 is 0 Å². The van der Waals surface area contributed by atoms with Crippen LogP contribution in [0.25, 0.3) is 0 Å². The van der Waals surface area contributed by atoms with Gasteiger partial charge < -0.3 is 14.6 Å². The van der Waals surface area contributed by atoms with Crippen LogP contribution in [-0.2, 0) is 16.1 Å². The van der Waals surface area contributed by atoms with Gasteiger partial charge in [-0.1, -0.05) is 42.1 Å². The van der Waals surface area contributed by atoms with E-state index in [4.69, 9.17) is 4.74 Å². The van der Waals surface area contributed by atoms with Crippen molar-refractivity contribution in [3.05, 3.63) is 42.2 Å². The van der Waals surface area contributed by atoms with Crippen LogP contribution in [0, 0.1) is 5.92 Å². The van der Waals surface area contributed by atoms with Gasteiger partial charge in [0.15, 0.2) is 5.16 Å². The number of benzene rings is 1. The van der Waals surface area contributed by atoms with Gasteiger partial charge in [0.2, 0.25) is 5.91 Å². The molecule has 0 radical (unpaired) electrons. The summed E-state index contributed by atoms with van der Waals surface area (Å²) < 4.78 is 6.97. The number of aromatic nitrogens is 3. The van der Waals surface area contributed by atoms with E-state index >= 15 is 0 Å². The van der Waals surface area contributed by atoms with Crippen molar-refractivity contribution in [3.8, 4) is 0 Å². The van der Waals surface area contributed by atoms with Crippen LogP contribution in [0.4, 0.5) is 0 Å². The molecule has 1 saturated carbocycles. The van der Waals surface area contributed by atoms with E-state index in [1.54, 1.807) is 13.4 Å². The highest BCUT2D eigenvalue weighted by molar-refractivity contribution is 7.99. The van der Waals surface area contributed by atoms with Gasteiger partial charge in [-0.3, -0.25) is 4.79 Å². The smallest absolute Gasteiger partial charge is 0.230 e. The van der Waals surface area contributed by atoms with Crippen LogP contribution in [0.2, 0.25) is 0 Å². The number of nitrogens with zero attached hydrogens (tertiary/aromatic N) is 3. The summed E-state index contributed by atoms with van der Waals surface area (Å²) in [6.45, 7) is 1.28. The number of amides is 1. The van der Waals surface area contributed by atoms with E-state index < -0.39 is 0 Å².